The quantitative estimate of drug-likeness (QED) is 0.779. The van der Waals surface area contributed by atoms with Crippen molar-refractivity contribution in [1.29, 1.82) is 0 Å². The number of benzene rings is 1. The van der Waals surface area contributed by atoms with Crippen LogP contribution in [0.15, 0.2) is 23.0 Å². The Morgan fingerprint density at radius 1 is 1.44 bits per heavy atom. The minimum atomic E-state index is -0.396. The van der Waals surface area contributed by atoms with Gasteiger partial charge in [0.25, 0.3) is 5.56 Å². The van der Waals surface area contributed by atoms with Crippen molar-refractivity contribution in [3.05, 3.63) is 39.7 Å². The van der Waals surface area contributed by atoms with Gasteiger partial charge in [0.15, 0.2) is 5.78 Å². The van der Waals surface area contributed by atoms with E-state index in [4.69, 9.17) is 0 Å². The highest BCUT2D eigenvalue weighted by Gasteiger charge is 2.27. The third-order valence-electron chi connectivity index (χ3n) is 3.59. The molecule has 0 saturated carbocycles. The molecule has 0 amide bonds. The Morgan fingerprint density at radius 2 is 2.17 bits per heavy atom. The van der Waals surface area contributed by atoms with Gasteiger partial charge in [-0.25, -0.2) is 0 Å². The molecule has 3 rings (SSSR count). The fourth-order valence-corrected chi connectivity index (χ4v) is 2.84. The van der Waals surface area contributed by atoms with Crippen molar-refractivity contribution in [2.24, 2.45) is 0 Å². The number of carbonyl (C=O) groups is 1. The Kier molecular flexibility index (Phi) is 2.11. The molecule has 1 aromatic carbocycles. The number of aromatic nitrogens is 1. The lowest BCUT2D eigenvalue weighted by atomic mass is 10.1. The highest BCUT2D eigenvalue weighted by atomic mass is 16.3. The van der Waals surface area contributed by atoms with Gasteiger partial charge in [0.2, 0.25) is 0 Å². The molecule has 0 saturated heterocycles. The van der Waals surface area contributed by atoms with Crippen LogP contribution in [0.25, 0.3) is 10.9 Å². The lowest BCUT2D eigenvalue weighted by Gasteiger charge is -2.12. The summed E-state index contributed by atoms with van der Waals surface area (Å²) >= 11 is 0. The maximum atomic E-state index is 12.3. The predicted molar refractivity (Wildman–Crippen MR) is 68.3 cm³/mol. The second-order valence-electron chi connectivity index (χ2n) is 4.82. The van der Waals surface area contributed by atoms with Crippen molar-refractivity contribution in [2.45, 2.75) is 26.3 Å². The van der Waals surface area contributed by atoms with Gasteiger partial charge in [-0.3, -0.25) is 9.59 Å². The Labute approximate surface area is 103 Å². The van der Waals surface area contributed by atoms with Crippen molar-refractivity contribution >= 4 is 16.7 Å². The van der Waals surface area contributed by atoms with Gasteiger partial charge in [-0.15, -0.1) is 0 Å². The number of pyridine rings is 1. The highest BCUT2D eigenvalue weighted by Crippen LogP contribution is 2.35. The number of ketones is 1. The first-order valence-corrected chi connectivity index (χ1v) is 5.92. The van der Waals surface area contributed by atoms with Crippen molar-refractivity contribution < 1.29 is 9.90 Å². The van der Waals surface area contributed by atoms with Crippen LogP contribution in [0.2, 0.25) is 0 Å². The minimum Gasteiger partial charge on any atom is -0.506 e. The number of hydrogen-bond donors (Lipinski definition) is 1. The van der Waals surface area contributed by atoms with Crippen LogP contribution in [0.3, 0.4) is 0 Å². The van der Waals surface area contributed by atoms with Crippen molar-refractivity contribution in [3.63, 3.8) is 0 Å². The van der Waals surface area contributed by atoms with Crippen LogP contribution >= 0.6 is 0 Å². The number of para-hydroxylation sites is 1. The van der Waals surface area contributed by atoms with Crippen LogP contribution < -0.4 is 5.56 Å². The van der Waals surface area contributed by atoms with Gasteiger partial charge in [0, 0.05) is 11.4 Å². The summed E-state index contributed by atoms with van der Waals surface area (Å²) in [6.07, 6.45) is 0.757. The summed E-state index contributed by atoms with van der Waals surface area (Å²) in [6, 6.07) is 5.56. The molecule has 2 heterocycles. The van der Waals surface area contributed by atoms with Crippen molar-refractivity contribution in [2.75, 3.05) is 0 Å². The molecule has 1 aliphatic rings. The molecule has 2 aromatic rings. The van der Waals surface area contributed by atoms with Gasteiger partial charge in [0.1, 0.15) is 11.3 Å². The van der Waals surface area contributed by atoms with Gasteiger partial charge in [0.05, 0.1) is 5.52 Å². The van der Waals surface area contributed by atoms with Crippen LogP contribution in [0.5, 0.6) is 5.75 Å². The molecular formula is C14H13NO3. The fourth-order valence-electron chi connectivity index (χ4n) is 2.84. The summed E-state index contributed by atoms with van der Waals surface area (Å²) in [7, 11) is 0. The van der Waals surface area contributed by atoms with E-state index in [0.717, 1.165) is 17.5 Å². The molecule has 1 atom stereocenters. The Hall–Kier alpha value is -2.10. The zero-order valence-corrected chi connectivity index (χ0v) is 10.2. The minimum absolute atomic E-state index is 0.0242. The normalized spacial score (nSPS) is 17.3. The van der Waals surface area contributed by atoms with E-state index in [-0.39, 0.29) is 22.9 Å². The molecule has 4 nitrogen and oxygen atoms in total. The van der Waals surface area contributed by atoms with E-state index in [1.807, 2.05) is 19.1 Å². The third kappa shape index (κ3) is 1.20. The summed E-state index contributed by atoms with van der Waals surface area (Å²) in [6.45, 7) is 3.25. The van der Waals surface area contributed by atoms with Crippen LogP contribution in [-0.2, 0) is 6.42 Å². The zero-order chi connectivity index (χ0) is 13.0. The SMILES string of the molecule is CC(=O)c1c(O)c2cccc3c2n(c1=O)[C@H](C)C3. The fraction of sp³-hybridized carbons (Fsp3) is 0.286. The molecule has 1 N–H and O–H groups in total. The molecule has 0 aliphatic carbocycles. The van der Waals surface area contributed by atoms with Gasteiger partial charge in [-0.05, 0) is 31.9 Å². The summed E-state index contributed by atoms with van der Waals surface area (Å²) in [4.78, 5) is 23.9. The van der Waals surface area contributed by atoms with Crippen LogP contribution in [0.1, 0.15) is 35.8 Å². The predicted octanol–water partition coefficient (Wildman–Crippen LogP) is 2.03. The van der Waals surface area contributed by atoms with Gasteiger partial charge < -0.3 is 9.67 Å². The standard InChI is InChI=1S/C14H13NO3/c1-7-6-9-4-3-5-10-12(9)15(7)14(18)11(8(2)16)13(10)17/h3-5,7,17H,6H2,1-2H3/t7-/m1/s1. The topological polar surface area (TPSA) is 59.3 Å². The second kappa shape index (κ2) is 3.45. The number of aromatic hydroxyl groups is 1. The lowest BCUT2D eigenvalue weighted by molar-refractivity contribution is 0.101. The second-order valence-corrected chi connectivity index (χ2v) is 4.82. The van der Waals surface area contributed by atoms with Crippen molar-refractivity contribution in [3.8, 4) is 5.75 Å². The highest BCUT2D eigenvalue weighted by molar-refractivity contribution is 6.03. The van der Waals surface area contributed by atoms with Crippen LogP contribution in [-0.4, -0.2) is 15.5 Å². The largest absolute Gasteiger partial charge is 0.506 e. The molecule has 1 aromatic heterocycles. The molecule has 0 unspecified atom stereocenters. The van der Waals surface area contributed by atoms with E-state index in [1.165, 1.54) is 6.92 Å². The lowest BCUT2D eigenvalue weighted by Crippen LogP contribution is -2.26. The first-order valence-electron chi connectivity index (χ1n) is 5.92. The van der Waals surface area contributed by atoms with Crippen LogP contribution in [0, 0.1) is 0 Å². The summed E-state index contributed by atoms with van der Waals surface area (Å²) in [5.74, 6) is -0.581. The number of Topliss-reactive ketones (excluding diaryl/α,β-unsaturated/α-hetero) is 1. The number of carbonyl (C=O) groups excluding carboxylic acids is 1. The first kappa shape index (κ1) is 11.0. The molecule has 0 bridgehead atoms. The Balaban J connectivity index is 2.60. The average Bonchev–Trinajstić information content (AvgIpc) is 2.63. The number of rotatable bonds is 1. The summed E-state index contributed by atoms with van der Waals surface area (Å²) < 4.78 is 1.63. The first-order chi connectivity index (χ1) is 8.52. The third-order valence-corrected chi connectivity index (χ3v) is 3.59. The molecule has 18 heavy (non-hydrogen) atoms. The molecular weight excluding hydrogens is 230 g/mol. The van der Waals surface area contributed by atoms with E-state index < -0.39 is 5.78 Å². The molecule has 0 fully saturated rings. The Bertz CT molecular complexity index is 743. The summed E-state index contributed by atoms with van der Waals surface area (Å²) in [5, 5.41) is 10.7. The maximum absolute atomic E-state index is 12.3. The Morgan fingerprint density at radius 3 is 2.83 bits per heavy atom. The molecule has 1 aliphatic heterocycles. The number of nitrogens with zero attached hydrogens (tertiary/aromatic N) is 1. The zero-order valence-electron chi connectivity index (χ0n) is 10.2. The smallest absolute Gasteiger partial charge is 0.265 e. The van der Waals surface area contributed by atoms with Crippen LogP contribution in [0.4, 0.5) is 0 Å². The maximum Gasteiger partial charge on any atom is 0.265 e. The molecule has 0 radical (unpaired) electrons. The summed E-state index contributed by atoms with van der Waals surface area (Å²) in [5.41, 5.74) is 1.32. The molecule has 0 spiro atoms. The molecule has 92 valence electrons. The average molecular weight is 243 g/mol. The monoisotopic (exact) mass is 243 g/mol. The number of hydrogen-bond acceptors (Lipinski definition) is 3. The van der Waals surface area contributed by atoms with E-state index in [2.05, 4.69) is 0 Å². The van der Waals surface area contributed by atoms with Crippen molar-refractivity contribution in [1.82, 2.24) is 4.57 Å². The van der Waals surface area contributed by atoms with Gasteiger partial charge in [-0.2, -0.15) is 0 Å². The van der Waals surface area contributed by atoms with E-state index in [9.17, 15) is 14.7 Å². The van der Waals surface area contributed by atoms with E-state index >= 15 is 0 Å². The van der Waals surface area contributed by atoms with Gasteiger partial charge >= 0.3 is 0 Å². The van der Waals surface area contributed by atoms with E-state index in [1.54, 1.807) is 10.6 Å². The van der Waals surface area contributed by atoms with Gasteiger partial charge in [-0.1, -0.05) is 12.1 Å². The van der Waals surface area contributed by atoms with E-state index in [0.29, 0.717) is 5.39 Å². The molecule has 4 heteroatoms.